The third-order valence-electron chi connectivity index (χ3n) is 5.07. The zero-order valence-corrected chi connectivity index (χ0v) is 19.2. The molecule has 0 aliphatic rings. The van der Waals surface area contributed by atoms with Crippen LogP contribution in [0.5, 0.6) is 5.75 Å². The molecular weight excluding hydrogens is 456 g/mol. The number of fused-ring (bicyclic) bond motifs is 1. The first-order valence-corrected chi connectivity index (χ1v) is 11.9. The van der Waals surface area contributed by atoms with Crippen LogP contribution in [0.2, 0.25) is 0 Å². The van der Waals surface area contributed by atoms with Crippen LogP contribution < -0.4 is 4.74 Å². The minimum absolute atomic E-state index is 0.00994. The molecule has 7 nitrogen and oxygen atoms in total. The first-order valence-electron chi connectivity index (χ1n) is 10.1. The summed E-state index contributed by atoms with van der Waals surface area (Å²) in [6.45, 7) is 0. The second kappa shape index (κ2) is 9.05. The van der Waals surface area contributed by atoms with Gasteiger partial charge in [-0.15, -0.1) is 11.3 Å². The van der Waals surface area contributed by atoms with Gasteiger partial charge in [0.05, 0.1) is 34.4 Å². The van der Waals surface area contributed by atoms with E-state index < -0.39 is 4.92 Å². The van der Waals surface area contributed by atoms with Gasteiger partial charge in [0.25, 0.3) is 5.69 Å². The third kappa shape index (κ3) is 4.20. The molecule has 0 radical (unpaired) electrons. The summed E-state index contributed by atoms with van der Waals surface area (Å²) in [4.78, 5) is 20.4. The Bertz CT molecular complexity index is 1450. The van der Waals surface area contributed by atoms with E-state index >= 15 is 0 Å². The maximum Gasteiger partial charge on any atom is 0.271 e. The van der Waals surface area contributed by atoms with Crippen molar-refractivity contribution in [2.45, 2.75) is 10.9 Å². The highest BCUT2D eigenvalue weighted by Crippen LogP contribution is 2.35. The molecule has 0 spiro atoms. The molecule has 0 amide bonds. The minimum atomic E-state index is -0.408. The smallest absolute Gasteiger partial charge is 0.271 e. The summed E-state index contributed by atoms with van der Waals surface area (Å²) in [6, 6.07) is 22.5. The lowest BCUT2D eigenvalue weighted by Crippen LogP contribution is -2.00. The van der Waals surface area contributed by atoms with Crippen LogP contribution in [0.4, 0.5) is 5.69 Å². The molecule has 3 aromatic carbocycles. The normalized spacial score (nSPS) is 11.1. The Hall–Kier alpha value is -3.69. The van der Waals surface area contributed by atoms with Crippen molar-refractivity contribution >= 4 is 39.8 Å². The Balaban J connectivity index is 1.53. The molecule has 0 aliphatic carbocycles. The number of hydrogen-bond donors (Lipinski definition) is 0. The van der Waals surface area contributed by atoms with Crippen molar-refractivity contribution < 1.29 is 9.66 Å². The fourth-order valence-electron chi connectivity index (χ4n) is 3.53. The van der Waals surface area contributed by atoms with E-state index in [-0.39, 0.29) is 5.69 Å². The zero-order chi connectivity index (χ0) is 22.8. The number of ether oxygens (including phenoxy) is 1. The molecule has 164 valence electrons. The van der Waals surface area contributed by atoms with Crippen LogP contribution in [0.25, 0.3) is 27.3 Å². The van der Waals surface area contributed by atoms with Crippen molar-refractivity contribution in [1.29, 1.82) is 0 Å². The summed E-state index contributed by atoms with van der Waals surface area (Å²) < 4.78 is 7.55. The predicted molar refractivity (Wildman–Crippen MR) is 131 cm³/mol. The highest BCUT2D eigenvalue weighted by Gasteiger charge is 2.19. The molecule has 0 N–H and O–H groups in total. The van der Waals surface area contributed by atoms with E-state index in [0.717, 1.165) is 27.5 Å². The van der Waals surface area contributed by atoms with E-state index in [1.54, 1.807) is 24.5 Å². The van der Waals surface area contributed by atoms with Gasteiger partial charge < -0.3 is 4.74 Å². The number of benzene rings is 3. The summed E-state index contributed by atoms with van der Waals surface area (Å²) in [5.74, 6) is 1.31. The highest BCUT2D eigenvalue weighted by molar-refractivity contribution is 7.98. The summed E-state index contributed by atoms with van der Waals surface area (Å²) in [5, 5.41) is 15.0. The molecule has 0 saturated carbocycles. The lowest BCUT2D eigenvalue weighted by atomic mass is 10.2. The lowest BCUT2D eigenvalue weighted by molar-refractivity contribution is -0.384. The Morgan fingerprint density at radius 3 is 2.64 bits per heavy atom. The van der Waals surface area contributed by atoms with Crippen molar-refractivity contribution in [3.8, 4) is 22.0 Å². The maximum atomic E-state index is 11.3. The molecule has 0 unspecified atom stereocenters. The summed E-state index contributed by atoms with van der Waals surface area (Å²) >= 11 is 3.14. The van der Waals surface area contributed by atoms with E-state index in [1.807, 2.05) is 59.2 Å². The van der Waals surface area contributed by atoms with Crippen LogP contribution in [-0.2, 0) is 5.75 Å². The van der Waals surface area contributed by atoms with Gasteiger partial charge in [0, 0.05) is 28.8 Å². The van der Waals surface area contributed by atoms with Crippen LogP contribution in [0.3, 0.4) is 0 Å². The largest absolute Gasteiger partial charge is 0.495 e. The van der Waals surface area contributed by atoms with Crippen molar-refractivity contribution in [1.82, 2.24) is 14.5 Å². The lowest BCUT2D eigenvalue weighted by Gasteiger charge is -2.12. The molecule has 0 fully saturated rings. The molecule has 5 aromatic rings. The number of thiazole rings is 1. The van der Waals surface area contributed by atoms with Gasteiger partial charge >= 0.3 is 0 Å². The maximum absolute atomic E-state index is 11.3. The van der Waals surface area contributed by atoms with Crippen LogP contribution in [0, 0.1) is 10.1 Å². The van der Waals surface area contributed by atoms with Gasteiger partial charge in [-0.05, 0) is 18.2 Å². The van der Waals surface area contributed by atoms with E-state index in [2.05, 4.69) is 5.38 Å². The fourth-order valence-corrected chi connectivity index (χ4v) is 5.37. The van der Waals surface area contributed by atoms with Gasteiger partial charge in [-0.2, -0.15) is 0 Å². The second-order valence-electron chi connectivity index (χ2n) is 7.13. The number of imidazole rings is 1. The molecule has 9 heteroatoms. The molecule has 0 bridgehead atoms. The third-order valence-corrected chi connectivity index (χ3v) is 6.98. The summed E-state index contributed by atoms with van der Waals surface area (Å²) in [5.41, 5.74) is 4.20. The zero-order valence-electron chi connectivity index (χ0n) is 17.5. The van der Waals surface area contributed by atoms with Crippen LogP contribution >= 0.6 is 23.1 Å². The summed E-state index contributed by atoms with van der Waals surface area (Å²) in [7, 11) is 1.62. The number of rotatable bonds is 7. The van der Waals surface area contributed by atoms with Crippen LogP contribution in [-0.4, -0.2) is 26.6 Å². The van der Waals surface area contributed by atoms with Gasteiger partial charge in [0.15, 0.2) is 5.16 Å². The van der Waals surface area contributed by atoms with Crippen molar-refractivity contribution in [3.63, 3.8) is 0 Å². The fraction of sp³-hybridized carbons (Fsp3) is 0.0833. The minimum Gasteiger partial charge on any atom is -0.495 e. The number of para-hydroxylation sites is 2. The Morgan fingerprint density at radius 1 is 1.06 bits per heavy atom. The standard InChI is InChI=1S/C24H18N4O3S2/c1-31-22-10-6-5-9-21(22)27-20-12-11-18(28(29)30)13-19(20)26-24(27)33-15-17-14-32-23(25-17)16-7-3-2-4-8-16/h2-14H,15H2,1H3. The first-order chi connectivity index (χ1) is 16.1. The van der Waals surface area contributed by atoms with Crippen molar-refractivity contribution in [2.24, 2.45) is 0 Å². The van der Waals surface area contributed by atoms with Gasteiger partial charge in [-0.3, -0.25) is 14.7 Å². The van der Waals surface area contributed by atoms with Gasteiger partial charge in [-0.1, -0.05) is 54.2 Å². The molecule has 0 saturated heterocycles. The molecule has 0 aliphatic heterocycles. The topological polar surface area (TPSA) is 83.1 Å². The van der Waals surface area contributed by atoms with Gasteiger partial charge in [0.2, 0.25) is 0 Å². The van der Waals surface area contributed by atoms with E-state index in [9.17, 15) is 10.1 Å². The van der Waals surface area contributed by atoms with Crippen molar-refractivity contribution in [3.05, 3.63) is 94.0 Å². The molecular formula is C24H18N4O3S2. The Morgan fingerprint density at radius 2 is 1.85 bits per heavy atom. The molecule has 33 heavy (non-hydrogen) atoms. The second-order valence-corrected chi connectivity index (χ2v) is 8.93. The number of nitro groups is 1. The van der Waals surface area contributed by atoms with E-state index in [4.69, 9.17) is 14.7 Å². The van der Waals surface area contributed by atoms with Crippen LogP contribution in [0.15, 0.2) is 83.3 Å². The average molecular weight is 475 g/mol. The Labute approximate surface area is 197 Å². The number of aromatic nitrogens is 3. The number of nitro benzene ring substituents is 1. The first kappa shape index (κ1) is 21.2. The summed E-state index contributed by atoms with van der Waals surface area (Å²) in [6.07, 6.45) is 0. The van der Waals surface area contributed by atoms with E-state index in [1.165, 1.54) is 23.9 Å². The molecule has 5 rings (SSSR count). The number of thioether (sulfide) groups is 1. The number of nitrogens with zero attached hydrogens (tertiary/aromatic N) is 4. The number of hydrogen-bond acceptors (Lipinski definition) is 7. The van der Waals surface area contributed by atoms with Gasteiger partial charge in [-0.25, -0.2) is 9.97 Å². The highest BCUT2D eigenvalue weighted by atomic mass is 32.2. The van der Waals surface area contributed by atoms with E-state index in [0.29, 0.717) is 22.2 Å². The van der Waals surface area contributed by atoms with Crippen molar-refractivity contribution in [2.75, 3.05) is 7.11 Å². The quantitative estimate of drug-likeness (QED) is 0.155. The number of non-ortho nitro benzene ring substituents is 1. The monoisotopic (exact) mass is 474 g/mol. The molecule has 2 heterocycles. The van der Waals surface area contributed by atoms with Gasteiger partial charge in [0.1, 0.15) is 10.8 Å². The molecule has 0 atom stereocenters. The predicted octanol–water partition coefficient (Wildman–Crippen LogP) is 6.36. The SMILES string of the molecule is COc1ccccc1-n1c(SCc2csc(-c3ccccc3)n2)nc2cc([N+](=O)[O-])ccc21. The number of methoxy groups -OCH3 is 1. The molecule has 2 aromatic heterocycles. The van der Waals surface area contributed by atoms with Crippen LogP contribution in [0.1, 0.15) is 5.69 Å². The Kier molecular flexibility index (Phi) is 5.80. The average Bonchev–Trinajstić information content (AvgIpc) is 3.47.